The highest BCUT2D eigenvalue weighted by molar-refractivity contribution is 5.75. The lowest BCUT2D eigenvalue weighted by atomic mass is 9.97. The lowest BCUT2D eigenvalue weighted by Crippen LogP contribution is -2.31. The highest BCUT2D eigenvalue weighted by Crippen LogP contribution is 2.09. The minimum absolute atomic E-state index is 0.0472. The van der Waals surface area contributed by atoms with E-state index >= 15 is 0 Å². The number of ether oxygens (including phenoxy) is 1. The molecule has 0 aliphatic rings. The third-order valence-corrected chi connectivity index (χ3v) is 1.37. The molecule has 0 rings (SSSR count). The van der Waals surface area contributed by atoms with E-state index in [4.69, 9.17) is 10.5 Å². The fourth-order valence-corrected chi connectivity index (χ4v) is 0.759. The first-order chi connectivity index (χ1) is 6.37. The van der Waals surface area contributed by atoms with Crippen LogP contribution >= 0.6 is 0 Å². The standard InChI is InChI=1S/C11H19NO2/c1-5-14-10(13)9(12)7-6-8-11(2,3)4/h9H,5,7,12H2,1-4H3/t9-/m0/s1. The van der Waals surface area contributed by atoms with Gasteiger partial charge in [-0.15, -0.1) is 5.92 Å². The lowest BCUT2D eigenvalue weighted by molar-refractivity contribution is -0.144. The van der Waals surface area contributed by atoms with Crippen molar-refractivity contribution in [3.63, 3.8) is 0 Å². The zero-order chi connectivity index (χ0) is 11.2. The Labute approximate surface area is 86.0 Å². The third-order valence-electron chi connectivity index (χ3n) is 1.37. The maximum absolute atomic E-state index is 11.1. The second-order valence-electron chi connectivity index (χ2n) is 4.11. The maximum Gasteiger partial charge on any atom is 0.323 e. The van der Waals surface area contributed by atoms with Crippen LogP contribution in [0.25, 0.3) is 0 Å². The molecule has 3 nitrogen and oxygen atoms in total. The fraction of sp³-hybridized carbons (Fsp3) is 0.727. The van der Waals surface area contributed by atoms with Crippen molar-refractivity contribution in [1.29, 1.82) is 0 Å². The molecule has 0 fully saturated rings. The Morgan fingerprint density at radius 1 is 1.50 bits per heavy atom. The molecule has 0 aromatic rings. The van der Waals surface area contributed by atoms with Crippen LogP contribution in [0.4, 0.5) is 0 Å². The Balaban J connectivity index is 4.00. The predicted molar refractivity (Wildman–Crippen MR) is 56.5 cm³/mol. The first kappa shape index (κ1) is 13.0. The summed E-state index contributed by atoms with van der Waals surface area (Å²) in [5.74, 6) is 5.52. The molecule has 0 saturated heterocycles. The van der Waals surface area contributed by atoms with Gasteiger partial charge in [0.1, 0.15) is 6.04 Å². The molecule has 2 N–H and O–H groups in total. The van der Waals surface area contributed by atoms with Crippen LogP contribution in [0.1, 0.15) is 34.1 Å². The highest BCUT2D eigenvalue weighted by Gasteiger charge is 2.12. The van der Waals surface area contributed by atoms with E-state index in [0.29, 0.717) is 13.0 Å². The first-order valence-electron chi connectivity index (χ1n) is 4.79. The smallest absolute Gasteiger partial charge is 0.323 e. The lowest BCUT2D eigenvalue weighted by Gasteiger charge is -2.09. The average molecular weight is 197 g/mol. The molecule has 0 spiro atoms. The molecule has 0 aliphatic heterocycles. The summed E-state index contributed by atoms with van der Waals surface area (Å²) in [4.78, 5) is 11.1. The molecule has 14 heavy (non-hydrogen) atoms. The van der Waals surface area contributed by atoms with E-state index in [1.165, 1.54) is 0 Å². The fourth-order valence-electron chi connectivity index (χ4n) is 0.759. The van der Waals surface area contributed by atoms with Crippen LogP contribution in [-0.2, 0) is 9.53 Å². The normalized spacial score (nSPS) is 12.6. The van der Waals surface area contributed by atoms with E-state index in [1.807, 2.05) is 20.8 Å². The molecule has 80 valence electrons. The summed E-state index contributed by atoms with van der Waals surface area (Å²) in [5.41, 5.74) is 5.51. The van der Waals surface area contributed by atoms with Gasteiger partial charge in [0.15, 0.2) is 0 Å². The molecule has 0 aromatic carbocycles. The number of carbonyl (C=O) groups excluding carboxylic acids is 1. The molecule has 0 aliphatic carbocycles. The van der Waals surface area contributed by atoms with Crippen LogP contribution in [0.2, 0.25) is 0 Å². The molecule has 0 heterocycles. The van der Waals surface area contributed by atoms with Gasteiger partial charge in [0.2, 0.25) is 0 Å². The molecule has 0 aromatic heterocycles. The van der Waals surface area contributed by atoms with Crippen molar-refractivity contribution in [1.82, 2.24) is 0 Å². The van der Waals surface area contributed by atoms with Crippen LogP contribution in [0.15, 0.2) is 0 Å². The summed E-state index contributed by atoms with van der Waals surface area (Å²) in [6.45, 7) is 8.15. The largest absolute Gasteiger partial charge is 0.465 e. The van der Waals surface area contributed by atoms with Crippen LogP contribution < -0.4 is 5.73 Å². The highest BCUT2D eigenvalue weighted by atomic mass is 16.5. The van der Waals surface area contributed by atoms with Crippen molar-refractivity contribution < 1.29 is 9.53 Å². The average Bonchev–Trinajstić information content (AvgIpc) is 2.02. The van der Waals surface area contributed by atoms with Gasteiger partial charge in [-0.3, -0.25) is 4.79 Å². The summed E-state index contributed by atoms with van der Waals surface area (Å²) in [5, 5.41) is 0. The van der Waals surface area contributed by atoms with Gasteiger partial charge < -0.3 is 10.5 Å². The van der Waals surface area contributed by atoms with Crippen LogP contribution in [0.5, 0.6) is 0 Å². The second-order valence-corrected chi connectivity index (χ2v) is 4.11. The minimum atomic E-state index is -0.621. The Morgan fingerprint density at radius 2 is 2.07 bits per heavy atom. The van der Waals surface area contributed by atoms with E-state index in [1.54, 1.807) is 6.92 Å². The van der Waals surface area contributed by atoms with E-state index in [2.05, 4.69) is 11.8 Å². The number of carbonyl (C=O) groups is 1. The summed E-state index contributed by atoms with van der Waals surface area (Å²) < 4.78 is 4.75. The maximum atomic E-state index is 11.1. The van der Waals surface area contributed by atoms with Crippen LogP contribution in [-0.4, -0.2) is 18.6 Å². The van der Waals surface area contributed by atoms with Gasteiger partial charge in [-0.05, 0) is 27.7 Å². The van der Waals surface area contributed by atoms with Crippen molar-refractivity contribution in [3.8, 4) is 11.8 Å². The Morgan fingerprint density at radius 3 is 2.50 bits per heavy atom. The first-order valence-corrected chi connectivity index (χ1v) is 4.79. The van der Waals surface area contributed by atoms with Gasteiger partial charge >= 0.3 is 5.97 Å². The summed E-state index contributed by atoms with van der Waals surface area (Å²) >= 11 is 0. The SMILES string of the molecule is CCOC(=O)[C@@H](N)CC#CC(C)(C)C. The van der Waals surface area contributed by atoms with Crippen molar-refractivity contribution in [2.24, 2.45) is 11.1 Å². The van der Waals surface area contributed by atoms with Gasteiger partial charge in [0.25, 0.3) is 0 Å². The van der Waals surface area contributed by atoms with Gasteiger partial charge in [0, 0.05) is 11.8 Å². The number of hydrogen-bond donors (Lipinski definition) is 1. The van der Waals surface area contributed by atoms with Gasteiger partial charge in [-0.1, -0.05) is 5.92 Å². The zero-order valence-corrected chi connectivity index (χ0v) is 9.39. The number of nitrogens with two attached hydrogens (primary N) is 1. The molecule has 1 atom stereocenters. The number of esters is 1. The van der Waals surface area contributed by atoms with Crippen LogP contribution in [0.3, 0.4) is 0 Å². The molecular weight excluding hydrogens is 178 g/mol. The van der Waals surface area contributed by atoms with Crippen LogP contribution in [0, 0.1) is 17.3 Å². The molecular formula is C11H19NO2. The molecule has 0 bridgehead atoms. The van der Waals surface area contributed by atoms with E-state index in [0.717, 1.165) is 0 Å². The topological polar surface area (TPSA) is 52.3 Å². The number of hydrogen-bond acceptors (Lipinski definition) is 3. The van der Waals surface area contributed by atoms with Gasteiger partial charge in [0.05, 0.1) is 6.61 Å². The van der Waals surface area contributed by atoms with Crippen molar-refractivity contribution in [3.05, 3.63) is 0 Å². The van der Waals surface area contributed by atoms with Gasteiger partial charge in [-0.25, -0.2) is 0 Å². The summed E-state index contributed by atoms with van der Waals surface area (Å²) in [6.07, 6.45) is 0.357. The monoisotopic (exact) mass is 197 g/mol. The van der Waals surface area contributed by atoms with E-state index < -0.39 is 6.04 Å². The quantitative estimate of drug-likeness (QED) is 0.548. The molecule has 0 saturated carbocycles. The third kappa shape index (κ3) is 6.50. The Kier molecular flexibility index (Phi) is 5.26. The Hall–Kier alpha value is -1.01. The van der Waals surface area contributed by atoms with Crippen molar-refractivity contribution in [2.45, 2.75) is 40.2 Å². The predicted octanol–water partition coefficient (Wildman–Crippen LogP) is 1.32. The zero-order valence-electron chi connectivity index (χ0n) is 9.39. The van der Waals surface area contributed by atoms with Crippen molar-refractivity contribution >= 4 is 5.97 Å². The number of rotatable bonds is 3. The molecule has 3 heteroatoms. The summed E-state index contributed by atoms with van der Waals surface area (Å²) in [6, 6.07) is -0.621. The van der Waals surface area contributed by atoms with E-state index in [-0.39, 0.29) is 11.4 Å². The van der Waals surface area contributed by atoms with Gasteiger partial charge in [-0.2, -0.15) is 0 Å². The summed E-state index contributed by atoms with van der Waals surface area (Å²) in [7, 11) is 0. The molecule has 0 radical (unpaired) electrons. The minimum Gasteiger partial charge on any atom is -0.465 e. The van der Waals surface area contributed by atoms with Crippen molar-refractivity contribution in [2.75, 3.05) is 6.61 Å². The van der Waals surface area contributed by atoms with E-state index in [9.17, 15) is 4.79 Å². The molecule has 0 unspecified atom stereocenters. The second kappa shape index (κ2) is 5.66. The molecule has 0 amide bonds. The Bertz CT molecular complexity index is 242.